The Morgan fingerprint density at radius 2 is 2.17 bits per heavy atom. The molecule has 0 aliphatic rings. The summed E-state index contributed by atoms with van der Waals surface area (Å²) in [6.07, 6.45) is 0. The third kappa shape index (κ3) is 3.02. The van der Waals surface area contributed by atoms with E-state index in [-0.39, 0.29) is 11.3 Å². The Morgan fingerprint density at radius 3 is 2.78 bits per heavy atom. The van der Waals surface area contributed by atoms with Crippen molar-refractivity contribution in [3.8, 4) is 5.75 Å². The van der Waals surface area contributed by atoms with Gasteiger partial charge in [0, 0.05) is 16.6 Å². The Hall–Kier alpha value is -1.53. The molecule has 2 aromatic rings. The molecule has 0 atom stereocenters. The Kier molecular flexibility index (Phi) is 3.88. The van der Waals surface area contributed by atoms with Crippen molar-refractivity contribution >= 4 is 38.9 Å². The molecule has 0 fully saturated rings. The molecule has 0 saturated carbocycles. The highest BCUT2D eigenvalue weighted by molar-refractivity contribution is 9.11. The zero-order chi connectivity index (χ0) is 13.1. The fourth-order valence-corrected chi connectivity index (χ4v) is 2.81. The number of benzene rings is 1. The second-order valence-electron chi connectivity index (χ2n) is 3.56. The molecule has 1 aromatic carbocycles. The Bertz CT molecular complexity index is 582. The average molecular weight is 328 g/mol. The molecule has 4 nitrogen and oxygen atoms in total. The van der Waals surface area contributed by atoms with Gasteiger partial charge in [-0.1, -0.05) is 0 Å². The molecule has 1 aromatic heterocycles. The largest absolute Gasteiger partial charge is 0.487 e. The summed E-state index contributed by atoms with van der Waals surface area (Å²) in [6.45, 7) is 0.319. The number of thiophene rings is 1. The van der Waals surface area contributed by atoms with Crippen LogP contribution >= 0.6 is 27.3 Å². The third-order valence-corrected chi connectivity index (χ3v) is 3.83. The first-order chi connectivity index (χ1) is 8.56. The van der Waals surface area contributed by atoms with Gasteiger partial charge in [-0.3, -0.25) is 0 Å². The maximum absolute atomic E-state index is 11.0. The van der Waals surface area contributed by atoms with Crippen LogP contribution < -0.4 is 10.5 Å². The minimum absolute atomic E-state index is 0.111. The van der Waals surface area contributed by atoms with E-state index >= 15 is 0 Å². The normalized spacial score (nSPS) is 10.3. The lowest BCUT2D eigenvalue weighted by Gasteiger charge is -2.08. The van der Waals surface area contributed by atoms with Crippen LogP contribution in [0.3, 0.4) is 0 Å². The molecule has 0 radical (unpaired) electrons. The highest BCUT2D eigenvalue weighted by Crippen LogP contribution is 2.26. The van der Waals surface area contributed by atoms with Crippen molar-refractivity contribution in [1.29, 1.82) is 0 Å². The molecule has 1 heterocycles. The van der Waals surface area contributed by atoms with Crippen molar-refractivity contribution in [2.75, 3.05) is 5.73 Å². The number of rotatable bonds is 4. The molecule has 0 amide bonds. The third-order valence-electron chi connectivity index (χ3n) is 2.23. The van der Waals surface area contributed by atoms with Gasteiger partial charge < -0.3 is 15.6 Å². The summed E-state index contributed by atoms with van der Waals surface area (Å²) in [5, 5.41) is 9.03. The first-order valence-corrected chi connectivity index (χ1v) is 6.67. The lowest BCUT2D eigenvalue weighted by atomic mass is 10.2. The lowest BCUT2D eigenvalue weighted by Crippen LogP contribution is -2.03. The number of carbonyl (C=O) groups is 1. The molecule has 94 valence electrons. The number of halogens is 1. The molecule has 2 rings (SSSR count). The summed E-state index contributed by atoms with van der Waals surface area (Å²) in [5.41, 5.74) is 6.21. The molecule has 0 spiro atoms. The molecule has 0 saturated heterocycles. The van der Waals surface area contributed by atoms with Crippen LogP contribution in [0.25, 0.3) is 0 Å². The van der Waals surface area contributed by atoms with Gasteiger partial charge in [-0.2, -0.15) is 0 Å². The number of aromatic carboxylic acids is 1. The number of carboxylic acids is 1. The monoisotopic (exact) mass is 327 g/mol. The van der Waals surface area contributed by atoms with Gasteiger partial charge in [-0.15, -0.1) is 11.3 Å². The SMILES string of the molecule is Nc1ccc(C(=O)O)c(OCc2ccc(Br)s2)c1. The Balaban J connectivity index is 2.17. The van der Waals surface area contributed by atoms with Crippen LogP contribution in [0.4, 0.5) is 5.69 Å². The highest BCUT2D eigenvalue weighted by Gasteiger charge is 2.12. The van der Waals surface area contributed by atoms with Crippen LogP contribution in [0, 0.1) is 0 Å². The topological polar surface area (TPSA) is 72.6 Å². The quantitative estimate of drug-likeness (QED) is 0.844. The minimum Gasteiger partial charge on any atom is -0.487 e. The van der Waals surface area contributed by atoms with E-state index in [9.17, 15) is 4.79 Å². The number of nitrogens with two attached hydrogens (primary N) is 1. The van der Waals surface area contributed by atoms with E-state index in [4.69, 9.17) is 15.6 Å². The van der Waals surface area contributed by atoms with E-state index in [1.807, 2.05) is 12.1 Å². The average Bonchev–Trinajstić information content (AvgIpc) is 2.72. The summed E-state index contributed by atoms with van der Waals surface area (Å²) in [4.78, 5) is 12.0. The maximum Gasteiger partial charge on any atom is 0.339 e. The van der Waals surface area contributed by atoms with Crippen LogP contribution in [-0.2, 0) is 6.61 Å². The Morgan fingerprint density at radius 1 is 1.39 bits per heavy atom. The predicted octanol–water partition coefficient (Wildman–Crippen LogP) is 3.37. The summed E-state index contributed by atoms with van der Waals surface area (Å²) >= 11 is 4.89. The first kappa shape index (κ1) is 12.9. The van der Waals surface area contributed by atoms with Crippen LogP contribution in [0.2, 0.25) is 0 Å². The van der Waals surface area contributed by atoms with E-state index in [0.29, 0.717) is 12.3 Å². The number of hydrogen-bond donors (Lipinski definition) is 2. The van der Waals surface area contributed by atoms with Gasteiger partial charge in [0.25, 0.3) is 0 Å². The van der Waals surface area contributed by atoms with Crippen molar-refractivity contribution in [1.82, 2.24) is 0 Å². The van der Waals surface area contributed by atoms with E-state index < -0.39 is 5.97 Å². The van der Waals surface area contributed by atoms with Gasteiger partial charge in [-0.05, 0) is 40.2 Å². The first-order valence-electron chi connectivity index (χ1n) is 5.06. The number of nitrogen functional groups attached to an aromatic ring is 1. The van der Waals surface area contributed by atoms with Crippen molar-refractivity contribution in [2.24, 2.45) is 0 Å². The van der Waals surface area contributed by atoms with E-state index in [1.54, 1.807) is 0 Å². The van der Waals surface area contributed by atoms with Crippen molar-refractivity contribution < 1.29 is 14.6 Å². The summed E-state index contributed by atoms with van der Waals surface area (Å²) in [5.74, 6) is -0.746. The molecule has 3 N–H and O–H groups in total. The van der Waals surface area contributed by atoms with Crippen LogP contribution in [0.5, 0.6) is 5.75 Å². The maximum atomic E-state index is 11.0. The van der Waals surface area contributed by atoms with Crippen LogP contribution in [-0.4, -0.2) is 11.1 Å². The fourth-order valence-electron chi connectivity index (χ4n) is 1.41. The second-order valence-corrected chi connectivity index (χ2v) is 6.10. The lowest BCUT2D eigenvalue weighted by molar-refractivity contribution is 0.0692. The van der Waals surface area contributed by atoms with E-state index in [0.717, 1.165) is 8.66 Å². The Labute approximate surface area is 116 Å². The zero-order valence-electron chi connectivity index (χ0n) is 9.22. The molecule has 0 aliphatic carbocycles. The number of carboxylic acid groups (broad SMARTS) is 1. The molecule has 0 bridgehead atoms. The van der Waals surface area contributed by atoms with E-state index in [2.05, 4.69) is 15.9 Å². The predicted molar refractivity (Wildman–Crippen MR) is 74.2 cm³/mol. The van der Waals surface area contributed by atoms with Crippen LogP contribution in [0.1, 0.15) is 15.2 Å². The van der Waals surface area contributed by atoms with E-state index in [1.165, 1.54) is 29.5 Å². The number of ether oxygens (including phenoxy) is 1. The van der Waals surface area contributed by atoms with Crippen molar-refractivity contribution in [3.63, 3.8) is 0 Å². The fraction of sp³-hybridized carbons (Fsp3) is 0.0833. The molecule has 0 unspecified atom stereocenters. The standard InChI is InChI=1S/C12H10BrNO3S/c13-11-4-2-8(18-11)6-17-10-5-7(14)1-3-9(10)12(15)16/h1-5H,6,14H2,(H,15,16). The van der Waals surface area contributed by atoms with Gasteiger partial charge >= 0.3 is 5.97 Å². The molecule has 6 heteroatoms. The summed E-state index contributed by atoms with van der Waals surface area (Å²) in [6, 6.07) is 8.34. The van der Waals surface area contributed by atoms with Crippen molar-refractivity contribution in [3.05, 3.63) is 44.6 Å². The molecular formula is C12H10BrNO3S. The smallest absolute Gasteiger partial charge is 0.339 e. The number of anilines is 1. The minimum atomic E-state index is -1.03. The van der Waals surface area contributed by atoms with Gasteiger partial charge in [0.05, 0.1) is 3.79 Å². The highest BCUT2D eigenvalue weighted by atomic mass is 79.9. The molecular weight excluding hydrogens is 318 g/mol. The van der Waals surface area contributed by atoms with Crippen molar-refractivity contribution in [2.45, 2.75) is 6.61 Å². The number of hydrogen-bond acceptors (Lipinski definition) is 4. The van der Waals surface area contributed by atoms with Gasteiger partial charge in [0.15, 0.2) is 0 Å². The molecule has 0 aliphatic heterocycles. The van der Waals surface area contributed by atoms with Gasteiger partial charge in [0.1, 0.15) is 17.9 Å². The summed E-state index contributed by atoms with van der Waals surface area (Å²) in [7, 11) is 0. The van der Waals surface area contributed by atoms with Gasteiger partial charge in [0.2, 0.25) is 0 Å². The van der Waals surface area contributed by atoms with Gasteiger partial charge in [-0.25, -0.2) is 4.79 Å². The second kappa shape index (κ2) is 5.41. The van der Waals surface area contributed by atoms with Crippen LogP contribution in [0.15, 0.2) is 34.1 Å². The molecule has 18 heavy (non-hydrogen) atoms. The summed E-state index contributed by atoms with van der Waals surface area (Å²) < 4.78 is 6.51. The zero-order valence-corrected chi connectivity index (χ0v) is 11.6.